The molecule has 1 amide bonds. The normalized spacial score (nSPS) is 18.9. The van der Waals surface area contributed by atoms with Gasteiger partial charge in [-0.1, -0.05) is 39.0 Å². The molecule has 2 N–H and O–H groups in total. The minimum absolute atomic E-state index is 0.0765. The van der Waals surface area contributed by atoms with Crippen molar-refractivity contribution in [3.63, 3.8) is 0 Å². The molecule has 1 rings (SSSR count). The Morgan fingerprint density at radius 2 is 1.88 bits per heavy atom. The van der Waals surface area contributed by atoms with Crippen LogP contribution in [0, 0.1) is 0 Å². The topological polar surface area (TPSA) is 41.1 Å². The van der Waals surface area contributed by atoms with Crippen LogP contribution in [0.2, 0.25) is 0 Å². The van der Waals surface area contributed by atoms with Gasteiger partial charge in [-0.25, -0.2) is 0 Å². The zero-order chi connectivity index (χ0) is 12.6. The third-order valence-corrected chi connectivity index (χ3v) is 3.94. The van der Waals surface area contributed by atoms with Gasteiger partial charge in [-0.3, -0.25) is 4.79 Å². The van der Waals surface area contributed by atoms with Gasteiger partial charge in [0.15, 0.2) is 0 Å². The lowest BCUT2D eigenvalue weighted by Crippen LogP contribution is -2.48. The lowest BCUT2D eigenvalue weighted by Gasteiger charge is -2.36. The van der Waals surface area contributed by atoms with E-state index in [9.17, 15) is 4.79 Å². The van der Waals surface area contributed by atoms with Gasteiger partial charge in [0.2, 0.25) is 5.91 Å². The smallest absolute Gasteiger partial charge is 0.221 e. The molecule has 17 heavy (non-hydrogen) atoms. The maximum absolute atomic E-state index is 11.9. The minimum Gasteiger partial charge on any atom is -0.356 e. The molecule has 0 aromatic heterocycles. The van der Waals surface area contributed by atoms with Crippen LogP contribution in [0.1, 0.15) is 64.7 Å². The van der Waals surface area contributed by atoms with Crippen molar-refractivity contribution in [2.24, 2.45) is 0 Å². The summed E-state index contributed by atoms with van der Waals surface area (Å²) in [5, 5.41) is 6.43. The van der Waals surface area contributed by atoms with Crippen molar-refractivity contribution in [3.8, 4) is 0 Å². The Morgan fingerprint density at radius 1 is 1.18 bits per heavy atom. The summed E-state index contributed by atoms with van der Waals surface area (Å²) in [5.74, 6) is 0.220. The molecule has 0 saturated heterocycles. The molecule has 0 aliphatic heterocycles. The number of unbranched alkanes of at least 4 members (excludes halogenated alkanes) is 2. The van der Waals surface area contributed by atoms with Crippen molar-refractivity contribution < 1.29 is 4.79 Å². The molecule has 3 nitrogen and oxygen atoms in total. The van der Waals surface area contributed by atoms with Crippen LogP contribution in [0.5, 0.6) is 0 Å². The first kappa shape index (κ1) is 14.5. The second-order valence-corrected chi connectivity index (χ2v) is 5.32. The molecule has 0 aromatic carbocycles. The van der Waals surface area contributed by atoms with E-state index >= 15 is 0 Å². The molecule has 1 aliphatic carbocycles. The summed E-state index contributed by atoms with van der Waals surface area (Å²) in [6.45, 7) is 3.02. The van der Waals surface area contributed by atoms with Crippen molar-refractivity contribution in [2.45, 2.75) is 70.3 Å². The lowest BCUT2D eigenvalue weighted by atomic mass is 9.79. The Balaban J connectivity index is 2.27. The Bertz CT molecular complexity index is 222. The van der Waals surface area contributed by atoms with Gasteiger partial charge in [0.25, 0.3) is 0 Å². The largest absolute Gasteiger partial charge is 0.356 e. The van der Waals surface area contributed by atoms with Gasteiger partial charge in [-0.2, -0.15) is 0 Å². The van der Waals surface area contributed by atoms with E-state index in [-0.39, 0.29) is 11.4 Å². The van der Waals surface area contributed by atoms with Crippen LogP contribution in [0.15, 0.2) is 0 Å². The highest BCUT2D eigenvalue weighted by Crippen LogP contribution is 2.30. The third kappa shape index (κ3) is 5.07. The third-order valence-electron chi connectivity index (χ3n) is 3.94. The van der Waals surface area contributed by atoms with Crippen LogP contribution in [-0.4, -0.2) is 25.0 Å². The van der Waals surface area contributed by atoms with E-state index in [1.54, 1.807) is 0 Å². The average Bonchev–Trinajstić information content (AvgIpc) is 2.36. The molecule has 0 radical (unpaired) electrons. The molecule has 0 bridgehead atoms. The summed E-state index contributed by atoms with van der Waals surface area (Å²) in [6, 6.07) is 0. The Kier molecular flexibility index (Phi) is 6.56. The molecule has 1 fully saturated rings. The number of hydrogen-bond acceptors (Lipinski definition) is 2. The SMILES string of the molecule is CCCCCNC(=O)CC1(NC)CCCCC1. The molecule has 0 spiro atoms. The quantitative estimate of drug-likeness (QED) is 0.672. The van der Waals surface area contributed by atoms with Gasteiger partial charge in [0, 0.05) is 18.5 Å². The van der Waals surface area contributed by atoms with Crippen molar-refractivity contribution >= 4 is 5.91 Å². The first-order chi connectivity index (χ1) is 8.22. The number of carbonyl (C=O) groups is 1. The molecule has 1 saturated carbocycles. The van der Waals surface area contributed by atoms with E-state index < -0.39 is 0 Å². The van der Waals surface area contributed by atoms with Crippen LogP contribution >= 0.6 is 0 Å². The molecule has 0 atom stereocenters. The second-order valence-electron chi connectivity index (χ2n) is 5.32. The highest BCUT2D eigenvalue weighted by atomic mass is 16.1. The lowest BCUT2D eigenvalue weighted by molar-refractivity contribution is -0.122. The standard InChI is InChI=1S/C14H28N2O/c1-3-4-8-11-16-13(17)12-14(15-2)9-6-5-7-10-14/h15H,3-12H2,1-2H3,(H,16,17). The van der Waals surface area contributed by atoms with Crippen molar-refractivity contribution in [1.29, 1.82) is 0 Å². The summed E-state index contributed by atoms with van der Waals surface area (Å²) >= 11 is 0. The van der Waals surface area contributed by atoms with Gasteiger partial charge in [-0.05, 0) is 26.3 Å². The molecule has 0 unspecified atom stereocenters. The molecule has 3 heteroatoms. The van der Waals surface area contributed by atoms with Gasteiger partial charge in [0.05, 0.1) is 0 Å². The van der Waals surface area contributed by atoms with Gasteiger partial charge >= 0.3 is 0 Å². The van der Waals surface area contributed by atoms with Gasteiger partial charge in [-0.15, -0.1) is 0 Å². The predicted octanol–water partition coefficient (Wildman–Crippen LogP) is 2.61. The fraction of sp³-hybridized carbons (Fsp3) is 0.929. The zero-order valence-electron chi connectivity index (χ0n) is 11.5. The first-order valence-electron chi connectivity index (χ1n) is 7.18. The Morgan fingerprint density at radius 3 is 2.47 bits per heavy atom. The number of hydrogen-bond donors (Lipinski definition) is 2. The van der Waals surface area contributed by atoms with Gasteiger partial charge in [0.1, 0.15) is 0 Å². The summed E-state index contributed by atoms with van der Waals surface area (Å²) < 4.78 is 0. The number of nitrogens with one attached hydrogen (secondary N) is 2. The van der Waals surface area contributed by atoms with Crippen LogP contribution < -0.4 is 10.6 Å². The molecule has 100 valence electrons. The second kappa shape index (κ2) is 7.70. The van der Waals surface area contributed by atoms with E-state index in [0.29, 0.717) is 6.42 Å². The van der Waals surface area contributed by atoms with Gasteiger partial charge < -0.3 is 10.6 Å². The fourth-order valence-electron chi connectivity index (χ4n) is 2.72. The molecule has 0 heterocycles. The van der Waals surface area contributed by atoms with Crippen LogP contribution in [-0.2, 0) is 4.79 Å². The first-order valence-corrected chi connectivity index (χ1v) is 7.18. The van der Waals surface area contributed by atoms with Crippen molar-refractivity contribution in [2.75, 3.05) is 13.6 Å². The summed E-state index contributed by atoms with van der Waals surface area (Å²) in [5.41, 5.74) is 0.0765. The molecular formula is C14H28N2O. The van der Waals surface area contributed by atoms with E-state index in [4.69, 9.17) is 0 Å². The number of carbonyl (C=O) groups excluding carboxylic acids is 1. The van der Waals surface area contributed by atoms with Crippen LogP contribution in [0.3, 0.4) is 0 Å². The van der Waals surface area contributed by atoms with E-state index in [0.717, 1.165) is 25.8 Å². The Labute approximate surface area is 106 Å². The minimum atomic E-state index is 0.0765. The van der Waals surface area contributed by atoms with E-state index in [1.807, 2.05) is 7.05 Å². The monoisotopic (exact) mass is 240 g/mol. The summed E-state index contributed by atoms with van der Waals surface area (Å²) in [4.78, 5) is 11.9. The van der Waals surface area contributed by atoms with E-state index in [1.165, 1.54) is 32.1 Å². The maximum atomic E-state index is 11.9. The zero-order valence-corrected chi connectivity index (χ0v) is 11.5. The number of rotatable bonds is 7. The van der Waals surface area contributed by atoms with Crippen molar-refractivity contribution in [3.05, 3.63) is 0 Å². The molecule has 0 aromatic rings. The van der Waals surface area contributed by atoms with E-state index in [2.05, 4.69) is 17.6 Å². The fourth-order valence-corrected chi connectivity index (χ4v) is 2.72. The summed E-state index contributed by atoms with van der Waals surface area (Å²) in [6.07, 6.45) is 10.3. The predicted molar refractivity (Wildman–Crippen MR) is 72.0 cm³/mol. The molecule has 1 aliphatic rings. The maximum Gasteiger partial charge on any atom is 0.221 e. The van der Waals surface area contributed by atoms with Crippen LogP contribution in [0.4, 0.5) is 0 Å². The highest BCUT2D eigenvalue weighted by molar-refractivity contribution is 5.77. The molecular weight excluding hydrogens is 212 g/mol. The highest BCUT2D eigenvalue weighted by Gasteiger charge is 2.32. The Hall–Kier alpha value is -0.570. The summed E-state index contributed by atoms with van der Waals surface area (Å²) in [7, 11) is 2.00. The van der Waals surface area contributed by atoms with Crippen molar-refractivity contribution in [1.82, 2.24) is 10.6 Å². The van der Waals surface area contributed by atoms with Crippen LogP contribution in [0.25, 0.3) is 0 Å². The number of amides is 1. The average molecular weight is 240 g/mol.